The lowest BCUT2D eigenvalue weighted by Gasteiger charge is -2.09. The number of carbonyl (C=O) groups is 1. The van der Waals surface area contributed by atoms with Crippen LogP contribution in [0.1, 0.15) is 29.2 Å². The van der Waals surface area contributed by atoms with Crippen LogP contribution in [-0.4, -0.2) is 22.7 Å². The molecule has 9 heteroatoms. The highest BCUT2D eigenvalue weighted by molar-refractivity contribution is 7.17. The van der Waals surface area contributed by atoms with Crippen LogP contribution in [0.4, 0.5) is 24.0 Å². The molecule has 0 fully saturated rings. The largest absolute Gasteiger partial charge is 0.493 e. The van der Waals surface area contributed by atoms with Crippen LogP contribution in [0.2, 0.25) is 0 Å². The molecule has 0 aliphatic carbocycles. The fourth-order valence-electron chi connectivity index (χ4n) is 1.73. The molecule has 0 radical (unpaired) electrons. The maximum absolute atomic E-state index is 12.8. The van der Waals surface area contributed by atoms with E-state index < -0.39 is 22.7 Å². The lowest BCUT2D eigenvalue weighted by atomic mass is 10.2. The minimum absolute atomic E-state index is 0.143. The average molecular weight is 360 g/mol. The maximum Gasteiger partial charge on any atom is 0.435 e. The summed E-state index contributed by atoms with van der Waals surface area (Å²) in [6.07, 6.45) is -4.82. The van der Waals surface area contributed by atoms with Gasteiger partial charge in [0.15, 0.2) is 10.8 Å². The van der Waals surface area contributed by atoms with Crippen molar-refractivity contribution in [3.05, 3.63) is 34.8 Å². The van der Waals surface area contributed by atoms with Crippen LogP contribution in [0.3, 0.4) is 0 Å². The summed E-state index contributed by atoms with van der Waals surface area (Å²) in [5.41, 5.74) is -0.925. The second kappa shape index (κ2) is 7.08. The number of carboxylic acids is 1. The van der Waals surface area contributed by atoms with E-state index in [0.717, 1.165) is 0 Å². The smallest absolute Gasteiger partial charge is 0.435 e. The number of hydrogen-bond acceptors (Lipinski definition) is 5. The Bertz CT molecular complexity index is 712. The van der Waals surface area contributed by atoms with Crippen LogP contribution >= 0.6 is 11.3 Å². The van der Waals surface area contributed by atoms with Gasteiger partial charge in [0.05, 0.1) is 6.61 Å². The standard InChI is InChI=1S/C15H15F3N2O3S/c1-8(2)7-23-10-5-3-9(4-6-10)19-14-20-12(15(16,17)18)11(24-14)13(21)22/h3-6,8H,7H2,1-2H3,(H,19,20)(H,21,22). The molecule has 0 amide bonds. The Kier molecular flexibility index (Phi) is 5.33. The second-order valence-electron chi connectivity index (χ2n) is 5.35. The summed E-state index contributed by atoms with van der Waals surface area (Å²) in [6, 6.07) is 6.57. The van der Waals surface area contributed by atoms with Gasteiger partial charge in [0, 0.05) is 5.69 Å². The number of carboxylic acid groups (broad SMARTS) is 1. The molecule has 130 valence electrons. The average Bonchev–Trinajstić information content (AvgIpc) is 2.91. The molecule has 0 aliphatic rings. The van der Waals surface area contributed by atoms with Crippen LogP contribution < -0.4 is 10.1 Å². The summed E-state index contributed by atoms with van der Waals surface area (Å²) in [4.78, 5) is 13.4. The summed E-state index contributed by atoms with van der Waals surface area (Å²) in [7, 11) is 0. The molecule has 0 saturated heterocycles. The molecule has 0 spiro atoms. The maximum atomic E-state index is 12.8. The van der Waals surface area contributed by atoms with Gasteiger partial charge in [-0.15, -0.1) is 0 Å². The molecular formula is C15H15F3N2O3S. The Morgan fingerprint density at radius 2 is 1.96 bits per heavy atom. The Morgan fingerprint density at radius 3 is 2.42 bits per heavy atom. The minimum Gasteiger partial charge on any atom is -0.493 e. The van der Waals surface area contributed by atoms with Crippen LogP contribution in [0.15, 0.2) is 24.3 Å². The number of anilines is 2. The van der Waals surface area contributed by atoms with Crippen molar-refractivity contribution in [2.75, 3.05) is 11.9 Å². The Morgan fingerprint density at radius 1 is 1.33 bits per heavy atom. The van der Waals surface area contributed by atoms with Crippen LogP contribution in [0, 0.1) is 5.92 Å². The van der Waals surface area contributed by atoms with Gasteiger partial charge in [-0.05, 0) is 30.2 Å². The normalized spacial score (nSPS) is 11.6. The molecule has 5 nitrogen and oxygen atoms in total. The third kappa shape index (κ3) is 4.60. The number of thiazole rings is 1. The SMILES string of the molecule is CC(C)COc1ccc(Nc2nc(C(F)(F)F)c(C(=O)O)s2)cc1. The van der Waals surface area contributed by atoms with E-state index in [1.807, 2.05) is 13.8 Å². The fraction of sp³-hybridized carbons (Fsp3) is 0.333. The Hall–Kier alpha value is -2.29. The number of aromatic carboxylic acids is 1. The van der Waals surface area contributed by atoms with E-state index in [9.17, 15) is 18.0 Å². The van der Waals surface area contributed by atoms with Gasteiger partial charge in [-0.2, -0.15) is 13.2 Å². The molecule has 0 bridgehead atoms. The van der Waals surface area contributed by atoms with Crippen LogP contribution in [-0.2, 0) is 6.18 Å². The number of hydrogen-bond donors (Lipinski definition) is 2. The molecule has 1 heterocycles. The summed E-state index contributed by atoms with van der Waals surface area (Å²) in [6.45, 7) is 4.57. The van der Waals surface area contributed by atoms with E-state index in [-0.39, 0.29) is 5.13 Å². The van der Waals surface area contributed by atoms with Crippen molar-refractivity contribution >= 4 is 28.1 Å². The zero-order chi connectivity index (χ0) is 17.9. The summed E-state index contributed by atoms with van der Waals surface area (Å²) < 4.78 is 43.9. The topological polar surface area (TPSA) is 71.5 Å². The molecule has 0 atom stereocenters. The molecule has 1 aromatic carbocycles. The first-order valence-electron chi connectivity index (χ1n) is 6.98. The summed E-state index contributed by atoms with van der Waals surface area (Å²) in [5.74, 6) is -0.658. The zero-order valence-electron chi connectivity index (χ0n) is 12.8. The summed E-state index contributed by atoms with van der Waals surface area (Å²) >= 11 is 0.435. The molecule has 2 N–H and O–H groups in total. The van der Waals surface area contributed by atoms with Crippen molar-refractivity contribution in [2.24, 2.45) is 5.92 Å². The van der Waals surface area contributed by atoms with E-state index in [4.69, 9.17) is 9.84 Å². The van der Waals surface area contributed by atoms with Gasteiger partial charge in [0.25, 0.3) is 0 Å². The quantitative estimate of drug-likeness (QED) is 0.785. The fourth-order valence-corrected chi connectivity index (χ4v) is 2.58. The van der Waals surface area contributed by atoms with E-state index in [0.29, 0.717) is 35.3 Å². The highest BCUT2D eigenvalue weighted by atomic mass is 32.1. The first kappa shape index (κ1) is 18.1. The predicted octanol–water partition coefficient (Wildman–Crippen LogP) is 4.64. The predicted molar refractivity (Wildman–Crippen MR) is 84.1 cm³/mol. The van der Waals surface area contributed by atoms with Crippen molar-refractivity contribution in [3.63, 3.8) is 0 Å². The van der Waals surface area contributed by atoms with Gasteiger partial charge in [-0.25, -0.2) is 9.78 Å². The molecule has 2 aromatic rings. The number of nitrogens with zero attached hydrogens (tertiary/aromatic N) is 1. The van der Waals surface area contributed by atoms with Gasteiger partial charge in [-0.3, -0.25) is 0 Å². The Labute approximate surface area is 140 Å². The monoisotopic (exact) mass is 360 g/mol. The molecular weight excluding hydrogens is 345 g/mol. The second-order valence-corrected chi connectivity index (χ2v) is 6.35. The number of rotatable bonds is 6. The third-order valence-electron chi connectivity index (χ3n) is 2.78. The number of ether oxygens (including phenoxy) is 1. The molecule has 0 saturated carbocycles. The number of aromatic nitrogens is 1. The van der Waals surface area contributed by atoms with Gasteiger partial charge in [-0.1, -0.05) is 25.2 Å². The number of benzene rings is 1. The first-order chi connectivity index (χ1) is 11.2. The Balaban J connectivity index is 2.15. The number of halogens is 3. The van der Waals surface area contributed by atoms with E-state index >= 15 is 0 Å². The zero-order valence-corrected chi connectivity index (χ0v) is 13.7. The molecule has 0 unspecified atom stereocenters. The van der Waals surface area contributed by atoms with Crippen molar-refractivity contribution in [1.29, 1.82) is 0 Å². The third-order valence-corrected chi connectivity index (χ3v) is 3.74. The van der Waals surface area contributed by atoms with E-state index in [1.54, 1.807) is 24.3 Å². The highest BCUT2D eigenvalue weighted by Crippen LogP contribution is 2.37. The number of nitrogens with one attached hydrogen (secondary N) is 1. The molecule has 24 heavy (non-hydrogen) atoms. The molecule has 0 aliphatic heterocycles. The van der Waals surface area contributed by atoms with Crippen LogP contribution in [0.5, 0.6) is 5.75 Å². The molecule has 1 aromatic heterocycles. The van der Waals surface area contributed by atoms with Crippen LogP contribution in [0.25, 0.3) is 0 Å². The van der Waals surface area contributed by atoms with Crippen molar-refractivity contribution < 1.29 is 27.8 Å². The minimum atomic E-state index is -4.82. The van der Waals surface area contributed by atoms with Crippen molar-refractivity contribution in [2.45, 2.75) is 20.0 Å². The van der Waals surface area contributed by atoms with Gasteiger partial charge in [0.2, 0.25) is 0 Å². The van der Waals surface area contributed by atoms with Gasteiger partial charge in [0.1, 0.15) is 10.6 Å². The first-order valence-corrected chi connectivity index (χ1v) is 7.79. The van der Waals surface area contributed by atoms with Gasteiger partial charge < -0.3 is 15.2 Å². The number of alkyl halides is 3. The van der Waals surface area contributed by atoms with Gasteiger partial charge >= 0.3 is 12.1 Å². The highest BCUT2D eigenvalue weighted by Gasteiger charge is 2.39. The van der Waals surface area contributed by atoms with E-state index in [1.165, 1.54) is 0 Å². The lowest BCUT2D eigenvalue weighted by Crippen LogP contribution is -2.11. The van der Waals surface area contributed by atoms with Crippen molar-refractivity contribution in [3.8, 4) is 5.75 Å². The van der Waals surface area contributed by atoms with E-state index in [2.05, 4.69) is 10.3 Å². The molecule has 2 rings (SSSR count). The van der Waals surface area contributed by atoms with Crippen molar-refractivity contribution in [1.82, 2.24) is 4.98 Å². The lowest BCUT2D eigenvalue weighted by molar-refractivity contribution is -0.141. The summed E-state index contributed by atoms with van der Waals surface area (Å²) in [5, 5.41) is 11.4.